The van der Waals surface area contributed by atoms with Crippen LogP contribution in [0, 0.1) is 0 Å². The number of carbonyl (C=O) groups excluding carboxylic acids is 1. The van der Waals surface area contributed by atoms with Gasteiger partial charge in [0.05, 0.1) is 6.54 Å². The number of carbonyl (C=O) groups is 1. The van der Waals surface area contributed by atoms with E-state index in [4.69, 9.17) is 9.47 Å². The lowest BCUT2D eigenvalue weighted by Crippen LogP contribution is -2.38. The Labute approximate surface area is 174 Å². The van der Waals surface area contributed by atoms with Crippen LogP contribution in [-0.2, 0) is 23.1 Å². The molecule has 0 unspecified atom stereocenters. The second-order valence-corrected chi connectivity index (χ2v) is 8.77. The average Bonchev–Trinajstić information content (AvgIpc) is 2.71. The highest BCUT2D eigenvalue weighted by atomic mass is 16.5. The van der Waals surface area contributed by atoms with Crippen LogP contribution < -0.4 is 14.8 Å². The van der Waals surface area contributed by atoms with Crippen LogP contribution >= 0.6 is 0 Å². The van der Waals surface area contributed by atoms with E-state index in [-0.39, 0.29) is 11.3 Å². The number of rotatable bonds is 7. The first kappa shape index (κ1) is 21.2. The van der Waals surface area contributed by atoms with Gasteiger partial charge in [0, 0.05) is 0 Å². The molecule has 0 radical (unpaired) electrons. The molecule has 2 aromatic rings. The summed E-state index contributed by atoms with van der Waals surface area (Å²) < 4.78 is 11.7. The second-order valence-electron chi connectivity index (χ2n) is 8.77. The van der Waals surface area contributed by atoms with Crippen molar-refractivity contribution in [2.75, 3.05) is 13.2 Å². The molecule has 1 amide bonds. The van der Waals surface area contributed by atoms with Crippen LogP contribution in [0.5, 0.6) is 11.5 Å². The van der Waals surface area contributed by atoms with Crippen molar-refractivity contribution in [2.45, 2.75) is 64.9 Å². The standard InChI is InChI=1S/C25H33NO3/c1-18(29-23-11-7-9-19-8-5-6-10-22(19)23)24(27)26-16-17-28-21-14-12-20(13-15-21)25(2,3)4/h7,9,11-15,18H,5-6,8,10,16-17H2,1-4H3,(H,26,27)/t18-/m0/s1. The van der Waals surface area contributed by atoms with E-state index in [1.165, 1.54) is 29.5 Å². The maximum atomic E-state index is 12.4. The van der Waals surface area contributed by atoms with Crippen molar-refractivity contribution in [1.82, 2.24) is 5.32 Å². The van der Waals surface area contributed by atoms with E-state index in [1.807, 2.05) is 24.3 Å². The van der Waals surface area contributed by atoms with Gasteiger partial charge in [-0.05, 0) is 72.9 Å². The van der Waals surface area contributed by atoms with Gasteiger partial charge in [0.25, 0.3) is 5.91 Å². The number of aryl methyl sites for hydroxylation is 1. The van der Waals surface area contributed by atoms with E-state index in [0.29, 0.717) is 13.2 Å². The molecule has 29 heavy (non-hydrogen) atoms. The Morgan fingerprint density at radius 1 is 1.07 bits per heavy atom. The highest BCUT2D eigenvalue weighted by molar-refractivity contribution is 5.80. The van der Waals surface area contributed by atoms with E-state index >= 15 is 0 Å². The average molecular weight is 396 g/mol. The van der Waals surface area contributed by atoms with E-state index in [2.05, 4.69) is 44.3 Å². The summed E-state index contributed by atoms with van der Waals surface area (Å²) in [6.07, 6.45) is 4.01. The molecular formula is C25H33NO3. The van der Waals surface area contributed by atoms with Gasteiger partial charge in [-0.1, -0.05) is 45.0 Å². The van der Waals surface area contributed by atoms with E-state index in [0.717, 1.165) is 24.3 Å². The van der Waals surface area contributed by atoms with Crippen LogP contribution in [0.2, 0.25) is 0 Å². The summed E-state index contributed by atoms with van der Waals surface area (Å²) >= 11 is 0. The molecule has 0 fully saturated rings. The van der Waals surface area contributed by atoms with Crippen molar-refractivity contribution >= 4 is 5.91 Å². The topological polar surface area (TPSA) is 47.6 Å². The molecule has 0 heterocycles. The monoisotopic (exact) mass is 395 g/mol. The third kappa shape index (κ3) is 5.75. The number of nitrogens with one attached hydrogen (secondary N) is 1. The van der Waals surface area contributed by atoms with Crippen LogP contribution in [0.1, 0.15) is 57.2 Å². The molecule has 2 aromatic carbocycles. The number of hydrogen-bond acceptors (Lipinski definition) is 3. The lowest BCUT2D eigenvalue weighted by molar-refractivity contribution is -0.127. The molecule has 1 atom stereocenters. The van der Waals surface area contributed by atoms with Gasteiger partial charge < -0.3 is 14.8 Å². The highest BCUT2D eigenvalue weighted by Crippen LogP contribution is 2.30. The zero-order valence-corrected chi connectivity index (χ0v) is 18.1. The van der Waals surface area contributed by atoms with Crippen molar-refractivity contribution in [3.63, 3.8) is 0 Å². The number of amides is 1. The molecule has 4 heteroatoms. The molecule has 0 saturated heterocycles. The molecule has 156 valence electrons. The van der Waals surface area contributed by atoms with Gasteiger partial charge in [-0.15, -0.1) is 0 Å². The molecule has 1 N–H and O–H groups in total. The lowest BCUT2D eigenvalue weighted by atomic mass is 9.87. The van der Waals surface area contributed by atoms with Gasteiger partial charge in [0.1, 0.15) is 18.1 Å². The van der Waals surface area contributed by atoms with Crippen molar-refractivity contribution < 1.29 is 14.3 Å². The minimum absolute atomic E-state index is 0.120. The molecule has 0 spiro atoms. The zero-order valence-electron chi connectivity index (χ0n) is 18.1. The molecule has 0 bridgehead atoms. The van der Waals surface area contributed by atoms with Crippen LogP contribution in [0.4, 0.5) is 0 Å². The summed E-state index contributed by atoms with van der Waals surface area (Å²) in [4.78, 5) is 12.4. The zero-order chi connectivity index (χ0) is 20.9. The van der Waals surface area contributed by atoms with Crippen molar-refractivity contribution in [3.05, 3.63) is 59.2 Å². The summed E-state index contributed by atoms with van der Waals surface area (Å²) in [6.45, 7) is 9.23. The second kappa shape index (κ2) is 9.34. The number of hydrogen-bond donors (Lipinski definition) is 1. The van der Waals surface area contributed by atoms with Crippen LogP contribution in [0.25, 0.3) is 0 Å². The first-order valence-corrected chi connectivity index (χ1v) is 10.6. The van der Waals surface area contributed by atoms with Gasteiger partial charge in [0.15, 0.2) is 6.10 Å². The Hall–Kier alpha value is -2.49. The van der Waals surface area contributed by atoms with Gasteiger partial charge in [-0.2, -0.15) is 0 Å². The molecule has 0 aromatic heterocycles. The number of fused-ring (bicyclic) bond motifs is 1. The molecule has 3 rings (SSSR count). The smallest absolute Gasteiger partial charge is 0.260 e. The van der Waals surface area contributed by atoms with Crippen molar-refractivity contribution in [1.29, 1.82) is 0 Å². The minimum atomic E-state index is -0.533. The predicted molar refractivity (Wildman–Crippen MR) is 117 cm³/mol. The summed E-state index contributed by atoms with van der Waals surface area (Å²) in [7, 11) is 0. The SMILES string of the molecule is C[C@H](Oc1cccc2c1CCCC2)C(=O)NCCOc1ccc(C(C)(C)C)cc1. The Kier molecular flexibility index (Phi) is 6.83. The maximum absolute atomic E-state index is 12.4. The normalized spacial score (nSPS) is 14.6. The molecular weight excluding hydrogens is 362 g/mol. The number of ether oxygens (including phenoxy) is 2. The van der Waals surface area contributed by atoms with Gasteiger partial charge in [-0.3, -0.25) is 4.79 Å². The molecule has 0 saturated carbocycles. The minimum Gasteiger partial charge on any atom is -0.492 e. The quantitative estimate of drug-likeness (QED) is 0.684. The molecule has 4 nitrogen and oxygen atoms in total. The molecule has 1 aliphatic rings. The van der Waals surface area contributed by atoms with Gasteiger partial charge >= 0.3 is 0 Å². The highest BCUT2D eigenvalue weighted by Gasteiger charge is 2.19. The molecule has 0 aliphatic heterocycles. The maximum Gasteiger partial charge on any atom is 0.260 e. The summed E-state index contributed by atoms with van der Waals surface area (Å²) in [5, 5.41) is 2.90. The third-order valence-electron chi connectivity index (χ3n) is 5.42. The summed E-state index contributed by atoms with van der Waals surface area (Å²) in [6, 6.07) is 14.3. The van der Waals surface area contributed by atoms with Crippen LogP contribution in [0.15, 0.2) is 42.5 Å². The summed E-state index contributed by atoms with van der Waals surface area (Å²) in [5.41, 5.74) is 4.01. The third-order valence-corrected chi connectivity index (χ3v) is 5.42. The fourth-order valence-corrected chi connectivity index (χ4v) is 3.64. The number of benzene rings is 2. The summed E-state index contributed by atoms with van der Waals surface area (Å²) in [5.74, 6) is 1.54. The van der Waals surface area contributed by atoms with E-state index in [1.54, 1.807) is 6.92 Å². The van der Waals surface area contributed by atoms with Crippen LogP contribution in [0.3, 0.4) is 0 Å². The Bertz CT molecular complexity index is 821. The van der Waals surface area contributed by atoms with Gasteiger partial charge in [-0.25, -0.2) is 0 Å². The van der Waals surface area contributed by atoms with Crippen molar-refractivity contribution in [3.8, 4) is 11.5 Å². The first-order valence-electron chi connectivity index (χ1n) is 10.6. The van der Waals surface area contributed by atoms with Gasteiger partial charge in [0.2, 0.25) is 0 Å². The molecule has 1 aliphatic carbocycles. The van der Waals surface area contributed by atoms with E-state index in [9.17, 15) is 4.79 Å². The first-order chi connectivity index (χ1) is 13.8. The lowest BCUT2D eigenvalue weighted by Gasteiger charge is -2.22. The Morgan fingerprint density at radius 3 is 2.52 bits per heavy atom. The van der Waals surface area contributed by atoms with E-state index < -0.39 is 6.10 Å². The Balaban J connectivity index is 1.44. The van der Waals surface area contributed by atoms with Crippen molar-refractivity contribution in [2.24, 2.45) is 0 Å². The largest absolute Gasteiger partial charge is 0.492 e. The fourth-order valence-electron chi connectivity index (χ4n) is 3.64. The van der Waals surface area contributed by atoms with Crippen LogP contribution in [-0.4, -0.2) is 25.2 Å². The Morgan fingerprint density at radius 2 is 1.79 bits per heavy atom. The predicted octanol–water partition coefficient (Wildman–Crippen LogP) is 4.83. The fraction of sp³-hybridized carbons (Fsp3) is 0.480.